The SMILES string of the molecule is CN1C(=O)[C@@H](CCCCN)NC(=O)[C@@H](N)Cc2cc(ccc2O)-c2ccc(O)c(c2)C[C@@H]1C(=O)NCC(O)CN. The lowest BCUT2D eigenvalue weighted by Gasteiger charge is -2.32. The average Bonchev–Trinajstić information content (AvgIpc) is 2.94. The first-order valence-electron chi connectivity index (χ1n) is 13.4. The van der Waals surface area contributed by atoms with Crippen molar-refractivity contribution in [3.63, 3.8) is 0 Å². The van der Waals surface area contributed by atoms with Gasteiger partial charge in [0.05, 0.1) is 12.1 Å². The molecule has 0 saturated carbocycles. The molecule has 0 aromatic heterocycles. The zero-order valence-corrected chi connectivity index (χ0v) is 22.7. The van der Waals surface area contributed by atoms with Crippen LogP contribution in [0.1, 0.15) is 30.4 Å². The molecular weight excluding hydrogens is 516 g/mol. The number of amides is 3. The number of benzene rings is 2. The Balaban J connectivity index is 2.10. The van der Waals surface area contributed by atoms with Crippen LogP contribution in [-0.4, -0.2) is 88.9 Å². The van der Waals surface area contributed by atoms with E-state index in [1.807, 2.05) is 0 Å². The molecule has 3 rings (SSSR count). The minimum atomic E-state index is -1.10. The molecule has 4 atom stereocenters. The van der Waals surface area contributed by atoms with Crippen LogP contribution in [0.2, 0.25) is 0 Å². The fourth-order valence-corrected chi connectivity index (χ4v) is 4.65. The molecule has 3 amide bonds. The number of fused-ring (bicyclic) bond motifs is 5. The van der Waals surface area contributed by atoms with Gasteiger partial charge in [0.15, 0.2) is 0 Å². The number of phenolic OH excluding ortho intramolecular Hbond substituents is 2. The van der Waals surface area contributed by atoms with Gasteiger partial charge in [-0.2, -0.15) is 0 Å². The molecule has 0 spiro atoms. The van der Waals surface area contributed by atoms with Gasteiger partial charge in [0.25, 0.3) is 0 Å². The number of rotatable bonds is 8. The van der Waals surface area contributed by atoms with Gasteiger partial charge in [0.1, 0.15) is 23.6 Å². The molecular formula is C28H40N6O6. The molecule has 2 aromatic rings. The molecule has 1 aliphatic heterocycles. The number of aromatic hydroxyl groups is 2. The van der Waals surface area contributed by atoms with Crippen molar-refractivity contribution in [2.24, 2.45) is 17.2 Å². The van der Waals surface area contributed by atoms with Gasteiger partial charge in [-0.3, -0.25) is 14.4 Å². The first kappa shape index (κ1) is 30.8. The Morgan fingerprint density at radius 2 is 1.65 bits per heavy atom. The van der Waals surface area contributed by atoms with Gasteiger partial charge in [-0.05, 0) is 72.3 Å². The Kier molecular flexibility index (Phi) is 10.8. The maximum atomic E-state index is 13.7. The van der Waals surface area contributed by atoms with Crippen LogP contribution in [0.3, 0.4) is 0 Å². The first-order valence-corrected chi connectivity index (χ1v) is 13.4. The monoisotopic (exact) mass is 556 g/mol. The van der Waals surface area contributed by atoms with E-state index in [4.69, 9.17) is 17.2 Å². The second-order valence-electron chi connectivity index (χ2n) is 10.1. The Labute approximate surface area is 233 Å². The van der Waals surface area contributed by atoms with Crippen LogP contribution in [0.15, 0.2) is 36.4 Å². The summed E-state index contributed by atoms with van der Waals surface area (Å²) in [5, 5.41) is 36.4. The molecule has 12 heteroatoms. The maximum absolute atomic E-state index is 13.7. The van der Waals surface area contributed by atoms with E-state index < -0.39 is 42.0 Å². The molecule has 218 valence electrons. The lowest BCUT2D eigenvalue weighted by atomic mass is 9.95. The normalized spacial score (nSPS) is 20.7. The third kappa shape index (κ3) is 7.69. The summed E-state index contributed by atoms with van der Waals surface area (Å²) in [6, 6.07) is 6.66. The molecule has 4 bridgehead atoms. The molecule has 0 radical (unpaired) electrons. The van der Waals surface area contributed by atoms with Crippen molar-refractivity contribution >= 4 is 17.7 Å². The van der Waals surface area contributed by atoms with E-state index in [2.05, 4.69) is 10.6 Å². The van der Waals surface area contributed by atoms with Crippen LogP contribution in [0.4, 0.5) is 0 Å². The van der Waals surface area contributed by atoms with Gasteiger partial charge in [-0.15, -0.1) is 0 Å². The van der Waals surface area contributed by atoms with Crippen molar-refractivity contribution in [3.05, 3.63) is 47.5 Å². The minimum Gasteiger partial charge on any atom is -0.508 e. The Morgan fingerprint density at radius 3 is 2.23 bits per heavy atom. The number of carbonyl (C=O) groups is 3. The molecule has 0 fully saturated rings. The van der Waals surface area contributed by atoms with E-state index in [-0.39, 0.29) is 43.9 Å². The summed E-state index contributed by atoms with van der Waals surface area (Å²) in [6.45, 7) is 0.221. The third-order valence-electron chi connectivity index (χ3n) is 7.15. The zero-order valence-electron chi connectivity index (χ0n) is 22.7. The lowest BCUT2D eigenvalue weighted by Crippen LogP contribution is -2.57. The Hall–Kier alpha value is -3.71. The van der Waals surface area contributed by atoms with Gasteiger partial charge in [-0.25, -0.2) is 0 Å². The average molecular weight is 557 g/mol. The van der Waals surface area contributed by atoms with E-state index in [0.29, 0.717) is 41.6 Å². The van der Waals surface area contributed by atoms with Gasteiger partial charge >= 0.3 is 0 Å². The molecule has 0 aliphatic carbocycles. The molecule has 11 N–H and O–H groups in total. The van der Waals surface area contributed by atoms with E-state index in [9.17, 15) is 29.7 Å². The van der Waals surface area contributed by atoms with Crippen LogP contribution in [0.25, 0.3) is 11.1 Å². The lowest BCUT2D eigenvalue weighted by molar-refractivity contribution is -0.142. The highest BCUT2D eigenvalue weighted by molar-refractivity contribution is 5.93. The predicted octanol–water partition coefficient (Wildman–Crippen LogP) is -0.933. The highest BCUT2D eigenvalue weighted by Gasteiger charge is 2.34. The van der Waals surface area contributed by atoms with Gasteiger partial charge in [0, 0.05) is 33.0 Å². The molecule has 0 saturated heterocycles. The number of aliphatic hydroxyl groups excluding tert-OH is 1. The van der Waals surface area contributed by atoms with Crippen LogP contribution in [0, 0.1) is 0 Å². The molecule has 1 heterocycles. The first-order chi connectivity index (χ1) is 19.0. The summed E-state index contributed by atoms with van der Waals surface area (Å²) in [6.07, 6.45) is 0.419. The standard InChI is InChI=1S/C28H40N6O6/c1-34-23(27(39)32-15-20(35)14-30)13-19-11-17(6-8-25(19)37)16-5-7-24(36)18(10-16)12-21(31)26(38)33-22(28(34)40)4-2-3-9-29/h5-8,10-11,20-23,35-37H,2-4,9,12-15,29-31H2,1H3,(H,32,39)(H,33,38)/t20?,21-,22+,23+/m0/s1. The maximum Gasteiger partial charge on any atom is 0.245 e. The third-order valence-corrected chi connectivity index (χ3v) is 7.15. The van der Waals surface area contributed by atoms with Crippen LogP contribution < -0.4 is 27.8 Å². The summed E-state index contributed by atoms with van der Waals surface area (Å²) in [7, 11) is 1.45. The van der Waals surface area contributed by atoms with Crippen LogP contribution >= 0.6 is 0 Å². The fourth-order valence-electron chi connectivity index (χ4n) is 4.65. The largest absolute Gasteiger partial charge is 0.508 e. The highest BCUT2D eigenvalue weighted by Crippen LogP contribution is 2.31. The zero-order chi connectivity index (χ0) is 29.4. The van der Waals surface area contributed by atoms with Crippen molar-refractivity contribution in [3.8, 4) is 22.6 Å². The van der Waals surface area contributed by atoms with Crippen LogP contribution in [0.5, 0.6) is 11.5 Å². The number of likely N-dealkylation sites (N-methyl/N-ethyl adjacent to an activating group) is 1. The summed E-state index contributed by atoms with van der Waals surface area (Å²) in [5.74, 6) is -1.76. The molecule has 1 aliphatic rings. The quantitative estimate of drug-likeness (QED) is 0.188. The predicted molar refractivity (Wildman–Crippen MR) is 150 cm³/mol. The van der Waals surface area contributed by atoms with Gasteiger partial charge < -0.3 is 48.1 Å². The minimum absolute atomic E-state index is 0.0184. The second kappa shape index (κ2) is 14.1. The number of aliphatic hydroxyl groups is 1. The van der Waals surface area contributed by atoms with E-state index in [1.165, 1.54) is 24.1 Å². The number of nitrogens with one attached hydrogen (secondary N) is 2. The number of hydrogen-bond acceptors (Lipinski definition) is 9. The van der Waals surface area contributed by atoms with Gasteiger partial charge in [-0.1, -0.05) is 12.1 Å². The van der Waals surface area contributed by atoms with Gasteiger partial charge in [0.2, 0.25) is 17.7 Å². The van der Waals surface area contributed by atoms with E-state index in [0.717, 1.165) is 0 Å². The number of nitrogens with zero attached hydrogens (tertiary/aromatic N) is 1. The summed E-state index contributed by atoms with van der Waals surface area (Å²) in [4.78, 5) is 41.4. The van der Waals surface area contributed by atoms with Crippen molar-refractivity contribution in [1.82, 2.24) is 15.5 Å². The van der Waals surface area contributed by atoms with Crippen molar-refractivity contribution < 1.29 is 29.7 Å². The summed E-state index contributed by atoms with van der Waals surface area (Å²) in [5.41, 5.74) is 19.5. The van der Waals surface area contributed by atoms with Crippen molar-refractivity contribution in [2.75, 3.05) is 26.7 Å². The Bertz CT molecular complexity index is 1210. The number of phenols is 2. The second-order valence-corrected chi connectivity index (χ2v) is 10.1. The molecule has 2 aromatic carbocycles. The van der Waals surface area contributed by atoms with Crippen molar-refractivity contribution in [1.29, 1.82) is 0 Å². The van der Waals surface area contributed by atoms with E-state index in [1.54, 1.807) is 24.3 Å². The number of hydrogen-bond donors (Lipinski definition) is 8. The number of unbranched alkanes of at least 4 members (excludes halogenated alkanes) is 1. The highest BCUT2D eigenvalue weighted by atomic mass is 16.3. The molecule has 12 nitrogen and oxygen atoms in total. The summed E-state index contributed by atoms with van der Waals surface area (Å²) >= 11 is 0. The number of carbonyl (C=O) groups excluding carboxylic acids is 3. The molecule has 1 unspecified atom stereocenters. The fraction of sp³-hybridized carbons (Fsp3) is 0.464. The topological polar surface area (TPSA) is 217 Å². The van der Waals surface area contributed by atoms with Crippen LogP contribution in [-0.2, 0) is 27.2 Å². The Morgan fingerprint density at radius 1 is 1.05 bits per heavy atom. The number of nitrogens with two attached hydrogens (primary N) is 3. The molecule has 40 heavy (non-hydrogen) atoms. The van der Waals surface area contributed by atoms with E-state index >= 15 is 0 Å². The summed E-state index contributed by atoms with van der Waals surface area (Å²) < 4.78 is 0. The van der Waals surface area contributed by atoms with Crippen molar-refractivity contribution in [2.45, 2.75) is 56.3 Å². The smallest absolute Gasteiger partial charge is 0.245 e.